The summed E-state index contributed by atoms with van der Waals surface area (Å²) in [5, 5.41) is 7.67. The summed E-state index contributed by atoms with van der Waals surface area (Å²) in [7, 11) is 1.94. The molecule has 0 aromatic carbocycles. The van der Waals surface area contributed by atoms with E-state index in [0.29, 0.717) is 12.5 Å². The Labute approximate surface area is 143 Å². The first kappa shape index (κ1) is 16.9. The van der Waals surface area contributed by atoms with Crippen molar-refractivity contribution in [2.75, 3.05) is 31.6 Å². The molecule has 1 N–H and O–H groups in total. The molecule has 24 heavy (non-hydrogen) atoms. The van der Waals surface area contributed by atoms with Gasteiger partial charge in [-0.05, 0) is 26.5 Å². The van der Waals surface area contributed by atoms with Crippen LogP contribution in [0.15, 0.2) is 18.5 Å². The average Bonchev–Trinajstić information content (AvgIpc) is 2.97. The van der Waals surface area contributed by atoms with Crippen molar-refractivity contribution < 1.29 is 4.74 Å². The lowest BCUT2D eigenvalue weighted by atomic mass is 10.0. The van der Waals surface area contributed by atoms with E-state index in [4.69, 9.17) is 4.74 Å². The minimum Gasteiger partial charge on any atom is -0.373 e. The van der Waals surface area contributed by atoms with Crippen molar-refractivity contribution in [2.45, 2.75) is 32.9 Å². The largest absolute Gasteiger partial charge is 0.373 e. The fourth-order valence-electron chi connectivity index (χ4n) is 3.33. The summed E-state index contributed by atoms with van der Waals surface area (Å²) in [6.07, 6.45) is 4.04. The number of nitrogens with one attached hydrogen (secondary N) is 1. The lowest BCUT2D eigenvalue weighted by molar-refractivity contribution is -0.0640. The molecule has 1 aliphatic heterocycles. The third kappa shape index (κ3) is 3.73. The molecule has 1 aliphatic rings. The Balaban J connectivity index is 1.76. The zero-order valence-electron chi connectivity index (χ0n) is 14.9. The second-order valence-corrected chi connectivity index (χ2v) is 6.29. The van der Waals surface area contributed by atoms with Crippen LogP contribution in [0, 0.1) is 13.8 Å². The minimum atomic E-state index is 0.0346. The number of hydrogen-bond donors (Lipinski definition) is 1. The number of hydrogen-bond acceptors (Lipinski definition) is 6. The molecule has 3 rings (SSSR count). The molecule has 0 bridgehead atoms. The highest BCUT2D eigenvalue weighted by molar-refractivity contribution is 5.28. The van der Waals surface area contributed by atoms with E-state index in [0.717, 1.165) is 31.1 Å². The number of likely N-dealkylation sites (N-methyl/N-ethyl adjacent to an activating group) is 1. The van der Waals surface area contributed by atoms with E-state index < -0.39 is 0 Å². The Bertz CT molecular complexity index is 665. The molecular formula is C17H26N6O. The molecule has 0 spiro atoms. The lowest BCUT2D eigenvalue weighted by Crippen LogP contribution is -2.47. The first-order valence-corrected chi connectivity index (χ1v) is 8.47. The zero-order valence-corrected chi connectivity index (χ0v) is 14.9. The number of nitrogens with zero attached hydrogens (tertiary/aromatic N) is 5. The first-order chi connectivity index (χ1) is 11.6. The van der Waals surface area contributed by atoms with Crippen LogP contribution in [-0.4, -0.2) is 57.0 Å². The molecule has 0 amide bonds. The van der Waals surface area contributed by atoms with Gasteiger partial charge in [0.15, 0.2) is 0 Å². The number of rotatable bonds is 5. The predicted molar refractivity (Wildman–Crippen MR) is 92.9 cm³/mol. The monoisotopic (exact) mass is 330 g/mol. The second-order valence-electron chi connectivity index (χ2n) is 6.29. The summed E-state index contributed by atoms with van der Waals surface area (Å²) in [5.41, 5.74) is 3.12. The highest BCUT2D eigenvalue weighted by Crippen LogP contribution is 2.29. The number of anilines is 1. The summed E-state index contributed by atoms with van der Waals surface area (Å²) in [6.45, 7) is 9.48. The van der Waals surface area contributed by atoms with Crippen molar-refractivity contribution in [3.63, 3.8) is 0 Å². The maximum Gasteiger partial charge on any atom is 0.223 e. The summed E-state index contributed by atoms with van der Waals surface area (Å²) >= 11 is 0. The topological polar surface area (TPSA) is 68.1 Å². The van der Waals surface area contributed by atoms with Gasteiger partial charge in [-0.1, -0.05) is 6.92 Å². The SMILES string of the molecule is CCN1CCO[C@@H](CNc2nc(C)cc(C)n2)[C@@H]1c1cnn(C)c1. The minimum absolute atomic E-state index is 0.0346. The molecule has 0 aliphatic carbocycles. The fourth-order valence-corrected chi connectivity index (χ4v) is 3.33. The van der Waals surface area contributed by atoms with Crippen LogP contribution in [0.1, 0.15) is 29.9 Å². The number of aromatic nitrogens is 4. The van der Waals surface area contributed by atoms with Gasteiger partial charge in [0, 0.05) is 43.3 Å². The van der Waals surface area contributed by atoms with Gasteiger partial charge < -0.3 is 10.1 Å². The Morgan fingerprint density at radius 2 is 2.04 bits per heavy atom. The van der Waals surface area contributed by atoms with Crippen LogP contribution in [0.5, 0.6) is 0 Å². The Morgan fingerprint density at radius 3 is 2.67 bits per heavy atom. The quantitative estimate of drug-likeness (QED) is 0.900. The van der Waals surface area contributed by atoms with Gasteiger partial charge in [0.05, 0.1) is 24.9 Å². The van der Waals surface area contributed by atoms with Crippen LogP contribution >= 0.6 is 0 Å². The van der Waals surface area contributed by atoms with E-state index in [9.17, 15) is 0 Å². The number of morpholine rings is 1. The van der Waals surface area contributed by atoms with E-state index in [1.807, 2.05) is 37.8 Å². The Hall–Kier alpha value is -1.99. The number of ether oxygens (including phenoxy) is 1. The predicted octanol–water partition coefficient (Wildman–Crippen LogP) is 1.70. The van der Waals surface area contributed by atoms with Gasteiger partial charge in [0.2, 0.25) is 5.95 Å². The van der Waals surface area contributed by atoms with E-state index in [2.05, 4.69) is 38.4 Å². The molecule has 0 saturated carbocycles. The third-order valence-corrected chi connectivity index (χ3v) is 4.37. The van der Waals surface area contributed by atoms with Crippen LogP contribution in [0.2, 0.25) is 0 Å². The summed E-state index contributed by atoms with van der Waals surface area (Å²) in [5.74, 6) is 0.662. The molecule has 1 saturated heterocycles. The summed E-state index contributed by atoms with van der Waals surface area (Å²) in [6, 6.07) is 2.16. The van der Waals surface area contributed by atoms with Crippen LogP contribution in [0.25, 0.3) is 0 Å². The van der Waals surface area contributed by atoms with E-state index in [1.165, 1.54) is 5.56 Å². The van der Waals surface area contributed by atoms with Crippen molar-refractivity contribution >= 4 is 5.95 Å². The lowest BCUT2D eigenvalue weighted by Gasteiger charge is -2.40. The van der Waals surface area contributed by atoms with Gasteiger partial charge in [0.25, 0.3) is 0 Å². The highest BCUT2D eigenvalue weighted by Gasteiger charge is 2.33. The number of aryl methyl sites for hydroxylation is 3. The standard InChI is InChI=1S/C17H26N6O/c1-5-23-6-7-24-15(16(23)14-9-19-22(4)11-14)10-18-17-20-12(2)8-13(3)21-17/h8-9,11,15-16H,5-7,10H2,1-4H3,(H,18,20,21)/t15-,16-/m0/s1. The molecule has 2 aromatic heterocycles. The van der Waals surface area contributed by atoms with Crippen molar-refractivity contribution in [3.05, 3.63) is 35.4 Å². The molecule has 2 atom stereocenters. The van der Waals surface area contributed by atoms with Gasteiger partial charge >= 0.3 is 0 Å². The van der Waals surface area contributed by atoms with Gasteiger partial charge in [-0.15, -0.1) is 0 Å². The normalized spacial score (nSPS) is 21.8. The zero-order chi connectivity index (χ0) is 17.1. The van der Waals surface area contributed by atoms with Crippen molar-refractivity contribution in [3.8, 4) is 0 Å². The molecule has 7 heteroatoms. The molecular weight excluding hydrogens is 304 g/mol. The van der Waals surface area contributed by atoms with Crippen LogP contribution in [-0.2, 0) is 11.8 Å². The highest BCUT2D eigenvalue weighted by atomic mass is 16.5. The first-order valence-electron chi connectivity index (χ1n) is 8.47. The maximum atomic E-state index is 6.07. The molecule has 0 radical (unpaired) electrons. The molecule has 2 aromatic rings. The van der Waals surface area contributed by atoms with Gasteiger partial charge in [0.1, 0.15) is 0 Å². The summed E-state index contributed by atoms with van der Waals surface area (Å²) in [4.78, 5) is 11.3. The van der Waals surface area contributed by atoms with E-state index in [1.54, 1.807) is 0 Å². The van der Waals surface area contributed by atoms with E-state index in [-0.39, 0.29) is 12.1 Å². The molecule has 7 nitrogen and oxygen atoms in total. The molecule has 0 unspecified atom stereocenters. The molecule has 130 valence electrons. The Morgan fingerprint density at radius 1 is 1.29 bits per heavy atom. The van der Waals surface area contributed by atoms with Crippen molar-refractivity contribution in [1.82, 2.24) is 24.6 Å². The summed E-state index contributed by atoms with van der Waals surface area (Å²) < 4.78 is 7.91. The van der Waals surface area contributed by atoms with Gasteiger partial charge in [-0.2, -0.15) is 5.10 Å². The van der Waals surface area contributed by atoms with Gasteiger partial charge in [-0.3, -0.25) is 9.58 Å². The average molecular weight is 330 g/mol. The fraction of sp³-hybridized carbons (Fsp3) is 0.588. The van der Waals surface area contributed by atoms with Crippen LogP contribution < -0.4 is 5.32 Å². The molecule has 1 fully saturated rings. The van der Waals surface area contributed by atoms with E-state index >= 15 is 0 Å². The van der Waals surface area contributed by atoms with Crippen LogP contribution in [0.4, 0.5) is 5.95 Å². The Kier molecular flexibility index (Phi) is 5.11. The second kappa shape index (κ2) is 7.27. The van der Waals surface area contributed by atoms with Crippen LogP contribution in [0.3, 0.4) is 0 Å². The third-order valence-electron chi connectivity index (χ3n) is 4.37. The smallest absolute Gasteiger partial charge is 0.223 e. The maximum absolute atomic E-state index is 6.07. The molecule has 3 heterocycles. The van der Waals surface area contributed by atoms with Gasteiger partial charge in [-0.25, -0.2) is 9.97 Å². The van der Waals surface area contributed by atoms with Crippen molar-refractivity contribution in [2.24, 2.45) is 7.05 Å². The van der Waals surface area contributed by atoms with Crippen molar-refractivity contribution in [1.29, 1.82) is 0 Å².